The highest BCUT2D eigenvalue weighted by Crippen LogP contribution is 2.30. The Labute approximate surface area is 98.8 Å². The predicted molar refractivity (Wildman–Crippen MR) is 68.8 cm³/mol. The predicted octanol–water partition coefficient (Wildman–Crippen LogP) is 3.00. The molecule has 0 aromatic heterocycles. The summed E-state index contributed by atoms with van der Waals surface area (Å²) in [5, 5.41) is 0. The molecule has 0 amide bonds. The molecule has 1 unspecified atom stereocenters. The molecule has 0 saturated carbocycles. The van der Waals surface area contributed by atoms with E-state index in [0.717, 1.165) is 25.1 Å². The fraction of sp³-hybridized carbons (Fsp3) is 0.571. The van der Waals surface area contributed by atoms with Gasteiger partial charge in [-0.25, -0.2) is 0 Å². The van der Waals surface area contributed by atoms with Crippen LogP contribution in [0.3, 0.4) is 0 Å². The molecule has 0 bridgehead atoms. The molecule has 1 aromatic rings. The van der Waals surface area contributed by atoms with Crippen molar-refractivity contribution in [1.82, 2.24) is 0 Å². The molecule has 0 heterocycles. The third-order valence-corrected chi connectivity index (χ3v) is 3.16. The second kappa shape index (κ2) is 5.90. The normalized spacial score (nSPS) is 14.5. The molecule has 1 rings (SSSR count). The Bertz CT molecular complexity index is 324. The summed E-state index contributed by atoms with van der Waals surface area (Å²) in [7, 11) is 1.72. The van der Waals surface area contributed by atoms with E-state index < -0.39 is 0 Å². The SMILES string of the molecule is CCCC(C)(CN)Cc1ccccc1OC. The summed E-state index contributed by atoms with van der Waals surface area (Å²) in [5.41, 5.74) is 7.33. The number of hydrogen-bond donors (Lipinski definition) is 1. The zero-order chi connectivity index (χ0) is 12.0. The number of para-hydroxylation sites is 1. The summed E-state index contributed by atoms with van der Waals surface area (Å²) in [5.74, 6) is 0.971. The van der Waals surface area contributed by atoms with Crippen LogP contribution in [0, 0.1) is 5.41 Å². The highest BCUT2D eigenvalue weighted by molar-refractivity contribution is 5.34. The quantitative estimate of drug-likeness (QED) is 0.801. The van der Waals surface area contributed by atoms with Crippen LogP contribution in [0.25, 0.3) is 0 Å². The van der Waals surface area contributed by atoms with E-state index in [9.17, 15) is 0 Å². The van der Waals surface area contributed by atoms with E-state index >= 15 is 0 Å². The van der Waals surface area contributed by atoms with Crippen LogP contribution in [-0.2, 0) is 6.42 Å². The number of methoxy groups -OCH3 is 1. The molecule has 1 aromatic carbocycles. The van der Waals surface area contributed by atoms with Crippen LogP contribution in [0.15, 0.2) is 24.3 Å². The van der Waals surface area contributed by atoms with Gasteiger partial charge in [-0.15, -0.1) is 0 Å². The molecule has 0 spiro atoms. The van der Waals surface area contributed by atoms with Crippen molar-refractivity contribution in [2.24, 2.45) is 11.1 Å². The molecule has 90 valence electrons. The molecule has 2 N–H and O–H groups in total. The van der Waals surface area contributed by atoms with Crippen molar-refractivity contribution in [2.75, 3.05) is 13.7 Å². The Balaban J connectivity index is 2.85. The molecule has 0 saturated heterocycles. The zero-order valence-corrected chi connectivity index (χ0v) is 10.6. The van der Waals surface area contributed by atoms with Crippen molar-refractivity contribution in [2.45, 2.75) is 33.1 Å². The van der Waals surface area contributed by atoms with Crippen molar-refractivity contribution >= 4 is 0 Å². The van der Waals surface area contributed by atoms with Crippen LogP contribution in [0.4, 0.5) is 0 Å². The van der Waals surface area contributed by atoms with E-state index in [2.05, 4.69) is 26.0 Å². The van der Waals surface area contributed by atoms with E-state index in [0.29, 0.717) is 0 Å². The Hall–Kier alpha value is -1.02. The minimum atomic E-state index is 0.184. The summed E-state index contributed by atoms with van der Waals surface area (Å²) in [6, 6.07) is 8.20. The van der Waals surface area contributed by atoms with Crippen LogP contribution in [-0.4, -0.2) is 13.7 Å². The summed E-state index contributed by atoms with van der Waals surface area (Å²) < 4.78 is 5.37. The molecule has 2 heteroatoms. The number of rotatable bonds is 6. The van der Waals surface area contributed by atoms with Gasteiger partial charge in [0.1, 0.15) is 5.75 Å². The van der Waals surface area contributed by atoms with Crippen molar-refractivity contribution in [3.05, 3.63) is 29.8 Å². The Morgan fingerprint density at radius 2 is 2.00 bits per heavy atom. The largest absolute Gasteiger partial charge is 0.496 e. The molecule has 0 fully saturated rings. The first kappa shape index (κ1) is 13.0. The minimum absolute atomic E-state index is 0.184. The lowest BCUT2D eigenvalue weighted by Crippen LogP contribution is -2.29. The summed E-state index contributed by atoms with van der Waals surface area (Å²) in [6.07, 6.45) is 3.31. The van der Waals surface area contributed by atoms with Gasteiger partial charge in [-0.2, -0.15) is 0 Å². The van der Waals surface area contributed by atoms with Crippen LogP contribution in [0.5, 0.6) is 5.75 Å². The molecular weight excluding hydrogens is 198 g/mol. The second-order valence-electron chi connectivity index (χ2n) is 4.75. The molecular formula is C14H23NO. The van der Waals surface area contributed by atoms with Crippen LogP contribution < -0.4 is 10.5 Å². The van der Waals surface area contributed by atoms with E-state index in [4.69, 9.17) is 10.5 Å². The van der Waals surface area contributed by atoms with Crippen LogP contribution in [0.2, 0.25) is 0 Å². The highest BCUT2D eigenvalue weighted by atomic mass is 16.5. The zero-order valence-electron chi connectivity index (χ0n) is 10.6. The van der Waals surface area contributed by atoms with Crippen molar-refractivity contribution in [3.8, 4) is 5.75 Å². The van der Waals surface area contributed by atoms with Gasteiger partial charge >= 0.3 is 0 Å². The van der Waals surface area contributed by atoms with Gasteiger partial charge in [0.25, 0.3) is 0 Å². The van der Waals surface area contributed by atoms with Gasteiger partial charge in [0.2, 0.25) is 0 Å². The molecule has 16 heavy (non-hydrogen) atoms. The Morgan fingerprint density at radius 3 is 2.56 bits per heavy atom. The van der Waals surface area contributed by atoms with E-state index in [1.54, 1.807) is 7.11 Å². The first-order valence-electron chi connectivity index (χ1n) is 5.97. The van der Waals surface area contributed by atoms with Gasteiger partial charge in [-0.1, -0.05) is 38.5 Å². The summed E-state index contributed by atoms with van der Waals surface area (Å²) >= 11 is 0. The van der Waals surface area contributed by atoms with Gasteiger partial charge in [-0.3, -0.25) is 0 Å². The third-order valence-electron chi connectivity index (χ3n) is 3.16. The van der Waals surface area contributed by atoms with Gasteiger partial charge < -0.3 is 10.5 Å². The fourth-order valence-corrected chi connectivity index (χ4v) is 2.17. The highest BCUT2D eigenvalue weighted by Gasteiger charge is 2.23. The van der Waals surface area contributed by atoms with Crippen LogP contribution in [0.1, 0.15) is 32.3 Å². The molecule has 0 aliphatic carbocycles. The maximum atomic E-state index is 5.89. The smallest absolute Gasteiger partial charge is 0.122 e. The van der Waals surface area contributed by atoms with E-state index in [-0.39, 0.29) is 5.41 Å². The standard InChI is InChI=1S/C14H23NO/c1-4-9-14(2,11-15)10-12-7-5-6-8-13(12)16-3/h5-8H,4,9-11,15H2,1-3H3. The van der Waals surface area contributed by atoms with Gasteiger partial charge in [-0.05, 0) is 36.4 Å². The maximum absolute atomic E-state index is 5.89. The first-order chi connectivity index (χ1) is 7.65. The first-order valence-corrected chi connectivity index (χ1v) is 5.97. The molecule has 0 radical (unpaired) electrons. The van der Waals surface area contributed by atoms with Crippen LogP contribution >= 0.6 is 0 Å². The monoisotopic (exact) mass is 221 g/mol. The topological polar surface area (TPSA) is 35.2 Å². The third kappa shape index (κ3) is 3.24. The molecule has 0 aliphatic heterocycles. The Kier molecular flexibility index (Phi) is 4.81. The molecule has 1 atom stereocenters. The van der Waals surface area contributed by atoms with Gasteiger partial charge in [0.15, 0.2) is 0 Å². The molecule has 2 nitrogen and oxygen atoms in total. The number of nitrogens with two attached hydrogens (primary N) is 1. The lowest BCUT2D eigenvalue weighted by atomic mass is 9.79. The summed E-state index contributed by atoms with van der Waals surface area (Å²) in [4.78, 5) is 0. The fourth-order valence-electron chi connectivity index (χ4n) is 2.17. The average Bonchev–Trinajstić information content (AvgIpc) is 2.30. The van der Waals surface area contributed by atoms with E-state index in [1.807, 2.05) is 12.1 Å². The molecule has 0 aliphatic rings. The number of ether oxygens (including phenoxy) is 1. The minimum Gasteiger partial charge on any atom is -0.496 e. The van der Waals surface area contributed by atoms with Gasteiger partial charge in [0.05, 0.1) is 7.11 Å². The summed E-state index contributed by atoms with van der Waals surface area (Å²) in [6.45, 7) is 5.18. The lowest BCUT2D eigenvalue weighted by molar-refractivity contribution is 0.296. The van der Waals surface area contributed by atoms with E-state index in [1.165, 1.54) is 12.0 Å². The maximum Gasteiger partial charge on any atom is 0.122 e. The lowest BCUT2D eigenvalue weighted by Gasteiger charge is -2.28. The van der Waals surface area contributed by atoms with Crippen molar-refractivity contribution < 1.29 is 4.74 Å². The second-order valence-corrected chi connectivity index (χ2v) is 4.75. The Morgan fingerprint density at radius 1 is 1.31 bits per heavy atom. The number of benzene rings is 1. The average molecular weight is 221 g/mol. The van der Waals surface area contributed by atoms with Crippen molar-refractivity contribution in [1.29, 1.82) is 0 Å². The number of hydrogen-bond acceptors (Lipinski definition) is 2. The van der Waals surface area contributed by atoms with Gasteiger partial charge in [0, 0.05) is 0 Å². The van der Waals surface area contributed by atoms with Crippen molar-refractivity contribution in [3.63, 3.8) is 0 Å².